The van der Waals surface area contributed by atoms with Crippen molar-refractivity contribution in [3.63, 3.8) is 0 Å². The van der Waals surface area contributed by atoms with Gasteiger partial charge in [0.15, 0.2) is 0 Å². The largest absolute Gasteiger partial charge is 0.315 e. The van der Waals surface area contributed by atoms with Crippen molar-refractivity contribution in [3.05, 3.63) is 0 Å². The zero-order chi connectivity index (χ0) is 6.69. The fraction of sp³-hybridized carbons (Fsp3) is 1.00. The van der Waals surface area contributed by atoms with Crippen LogP contribution in [0.15, 0.2) is 0 Å². The van der Waals surface area contributed by atoms with E-state index in [0.29, 0.717) is 0 Å². The van der Waals surface area contributed by atoms with E-state index in [1.54, 1.807) is 0 Å². The summed E-state index contributed by atoms with van der Waals surface area (Å²) in [7, 11) is 2.04. The van der Waals surface area contributed by atoms with Gasteiger partial charge in [-0.2, -0.15) is 0 Å². The highest BCUT2D eigenvalue weighted by molar-refractivity contribution is 4.84. The van der Waals surface area contributed by atoms with Crippen LogP contribution in [0.3, 0.4) is 0 Å². The molecule has 9 heavy (non-hydrogen) atoms. The van der Waals surface area contributed by atoms with Gasteiger partial charge in [-0.05, 0) is 19.5 Å². The summed E-state index contributed by atoms with van der Waals surface area (Å²) in [4.78, 5) is 0. The maximum absolute atomic E-state index is 3.36. The average molecular weight is 128 g/mol. The van der Waals surface area contributed by atoms with E-state index >= 15 is 0 Å². The second kappa shape index (κ2) is 3.18. The van der Waals surface area contributed by atoms with Crippen LogP contribution in [0.25, 0.3) is 0 Å². The van der Waals surface area contributed by atoms with Crippen molar-refractivity contribution >= 4 is 0 Å². The van der Waals surface area contributed by atoms with Gasteiger partial charge in [-0.25, -0.2) is 0 Å². The number of rotatable bonds is 2. The minimum atomic E-state index is 0.718. The molecule has 0 radical (unpaired) electrons. The minimum Gasteiger partial charge on any atom is -0.315 e. The number of likely N-dealkylation sites (N-methyl/N-ethyl adjacent to an activating group) is 1. The quantitative estimate of drug-likeness (QED) is 0.555. The molecular formula is C7H16N2. The van der Waals surface area contributed by atoms with Crippen molar-refractivity contribution in [1.82, 2.24) is 10.6 Å². The standard InChI is InChI=1S/C7H16N2/c1-3-6-4-9-5-7(6)8-2/h6-9H,3-5H2,1-2H3/t6-,7+/m1/s1. The molecule has 2 N–H and O–H groups in total. The Morgan fingerprint density at radius 2 is 2.33 bits per heavy atom. The highest BCUT2D eigenvalue weighted by Crippen LogP contribution is 2.11. The third kappa shape index (κ3) is 1.43. The Kier molecular flexibility index (Phi) is 2.49. The lowest BCUT2D eigenvalue weighted by Gasteiger charge is -2.14. The van der Waals surface area contributed by atoms with Gasteiger partial charge in [0, 0.05) is 12.6 Å². The molecule has 0 saturated carbocycles. The predicted octanol–water partition coefficient (Wildman–Crippen LogP) is 0.204. The third-order valence-corrected chi connectivity index (χ3v) is 2.23. The average Bonchev–Trinajstić information content (AvgIpc) is 2.33. The molecule has 0 aromatic rings. The predicted molar refractivity (Wildman–Crippen MR) is 39.5 cm³/mol. The molecular weight excluding hydrogens is 112 g/mol. The van der Waals surface area contributed by atoms with Crippen LogP contribution in [0.2, 0.25) is 0 Å². The molecule has 2 atom stereocenters. The first kappa shape index (κ1) is 7.03. The van der Waals surface area contributed by atoms with Gasteiger partial charge in [0.1, 0.15) is 0 Å². The maximum Gasteiger partial charge on any atom is 0.0229 e. The van der Waals surface area contributed by atoms with Crippen LogP contribution in [0.4, 0.5) is 0 Å². The highest BCUT2D eigenvalue weighted by atomic mass is 15.0. The smallest absolute Gasteiger partial charge is 0.0229 e. The van der Waals surface area contributed by atoms with E-state index in [-0.39, 0.29) is 0 Å². The van der Waals surface area contributed by atoms with Crippen LogP contribution in [0.5, 0.6) is 0 Å². The topological polar surface area (TPSA) is 24.1 Å². The number of hydrogen-bond donors (Lipinski definition) is 2. The van der Waals surface area contributed by atoms with Gasteiger partial charge in [0.05, 0.1) is 0 Å². The van der Waals surface area contributed by atoms with E-state index in [9.17, 15) is 0 Å². The molecule has 0 aromatic heterocycles. The fourth-order valence-corrected chi connectivity index (χ4v) is 1.50. The fourth-order valence-electron chi connectivity index (χ4n) is 1.50. The van der Waals surface area contributed by atoms with Gasteiger partial charge in [0.25, 0.3) is 0 Å². The first-order chi connectivity index (χ1) is 4.38. The zero-order valence-electron chi connectivity index (χ0n) is 6.28. The lowest BCUT2D eigenvalue weighted by atomic mass is 10.0. The SMILES string of the molecule is CC[C@@H]1CNC[C@@H]1NC. The molecule has 1 heterocycles. The van der Waals surface area contributed by atoms with E-state index < -0.39 is 0 Å². The Balaban J connectivity index is 2.32. The van der Waals surface area contributed by atoms with Crippen molar-refractivity contribution in [1.29, 1.82) is 0 Å². The Bertz CT molecular complexity index is 73.0. The third-order valence-electron chi connectivity index (χ3n) is 2.23. The number of hydrogen-bond acceptors (Lipinski definition) is 2. The maximum atomic E-state index is 3.36. The van der Waals surface area contributed by atoms with E-state index in [1.165, 1.54) is 13.0 Å². The first-order valence-corrected chi connectivity index (χ1v) is 3.76. The minimum absolute atomic E-state index is 0.718. The van der Waals surface area contributed by atoms with Crippen molar-refractivity contribution in [2.45, 2.75) is 19.4 Å². The second-order valence-corrected chi connectivity index (χ2v) is 2.72. The Labute approximate surface area is 57.0 Å². The molecule has 0 bridgehead atoms. The van der Waals surface area contributed by atoms with Crippen LogP contribution in [0, 0.1) is 5.92 Å². The van der Waals surface area contributed by atoms with Crippen molar-refractivity contribution in [2.24, 2.45) is 5.92 Å². The van der Waals surface area contributed by atoms with Gasteiger partial charge < -0.3 is 10.6 Å². The summed E-state index contributed by atoms with van der Waals surface area (Å²) < 4.78 is 0. The van der Waals surface area contributed by atoms with Crippen molar-refractivity contribution < 1.29 is 0 Å². The van der Waals surface area contributed by atoms with Crippen LogP contribution in [-0.4, -0.2) is 26.2 Å². The molecule has 1 fully saturated rings. The molecule has 0 spiro atoms. The first-order valence-electron chi connectivity index (χ1n) is 3.76. The molecule has 1 rings (SSSR count). The van der Waals surface area contributed by atoms with Crippen LogP contribution in [-0.2, 0) is 0 Å². The van der Waals surface area contributed by atoms with Crippen LogP contribution < -0.4 is 10.6 Å². The van der Waals surface area contributed by atoms with E-state index in [1.807, 2.05) is 7.05 Å². The Hall–Kier alpha value is -0.0800. The number of nitrogens with one attached hydrogen (secondary N) is 2. The molecule has 0 aliphatic carbocycles. The molecule has 2 nitrogen and oxygen atoms in total. The van der Waals surface area contributed by atoms with E-state index in [4.69, 9.17) is 0 Å². The van der Waals surface area contributed by atoms with Gasteiger partial charge in [0.2, 0.25) is 0 Å². The van der Waals surface area contributed by atoms with Gasteiger partial charge in [-0.1, -0.05) is 13.3 Å². The normalized spacial score (nSPS) is 35.3. The Morgan fingerprint density at radius 1 is 1.56 bits per heavy atom. The lowest BCUT2D eigenvalue weighted by molar-refractivity contribution is 0.443. The van der Waals surface area contributed by atoms with Crippen LogP contribution in [0.1, 0.15) is 13.3 Å². The van der Waals surface area contributed by atoms with E-state index in [2.05, 4.69) is 17.6 Å². The molecule has 2 heteroatoms. The Morgan fingerprint density at radius 3 is 2.78 bits per heavy atom. The molecule has 1 saturated heterocycles. The lowest BCUT2D eigenvalue weighted by Crippen LogP contribution is -2.32. The summed E-state index contributed by atoms with van der Waals surface area (Å²) >= 11 is 0. The highest BCUT2D eigenvalue weighted by Gasteiger charge is 2.22. The van der Waals surface area contributed by atoms with Crippen molar-refractivity contribution in [3.8, 4) is 0 Å². The summed E-state index contributed by atoms with van der Waals surface area (Å²) in [5.74, 6) is 0.856. The molecule has 54 valence electrons. The molecule has 1 aliphatic heterocycles. The summed E-state index contributed by atoms with van der Waals surface area (Å²) in [6, 6.07) is 0.718. The van der Waals surface area contributed by atoms with Crippen molar-refractivity contribution in [2.75, 3.05) is 20.1 Å². The molecule has 1 aliphatic rings. The zero-order valence-corrected chi connectivity index (χ0v) is 6.28. The summed E-state index contributed by atoms with van der Waals surface area (Å²) in [6.07, 6.45) is 1.29. The summed E-state index contributed by atoms with van der Waals surface area (Å²) in [5, 5.41) is 6.66. The molecule has 0 aromatic carbocycles. The van der Waals surface area contributed by atoms with Gasteiger partial charge in [-0.3, -0.25) is 0 Å². The van der Waals surface area contributed by atoms with Crippen LogP contribution >= 0.6 is 0 Å². The molecule has 0 unspecified atom stereocenters. The monoisotopic (exact) mass is 128 g/mol. The van der Waals surface area contributed by atoms with Gasteiger partial charge in [-0.15, -0.1) is 0 Å². The second-order valence-electron chi connectivity index (χ2n) is 2.72. The molecule has 0 amide bonds. The summed E-state index contributed by atoms with van der Waals surface area (Å²) in [6.45, 7) is 4.60. The summed E-state index contributed by atoms with van der Waals surface area (Å²) in [5.41, 5.74) is 0. The van der Waals surface area contributed by atoms with Gasteiger partial charge >= 0.3 is 0 Å². The van der Waals surface area contributed by atoms with E-state index in [0.717, 1.165) is 18.5 Å².